The molecular formula is C15H22O3. The van der Waals surface area contributed by atoms with Gasteiger partial charge in [0.2, 0.25) is 0 Å². The smallest absolute Gasteiger partial charge is 0.310 e. The number of aliphatic carboxylic acids is 1. The van der Waals surface area contributed by atoms with Crippen LogP contribution in [0.25, 0.3) is 0 Å². The molecule has 1 atom stereocenters. The summed E-state index contributed by atoms with van der Waals surface area (Å²) in [6.07, 6.45) is 0.656. The van der Waals surface area contributed by atoms with Crippen LogP contribution < -0.4 is 4.74 Å². The van der Waals surface area contributed by atoms with Crippen LogP contribution in [0.3, 0.4) is 0 Å². The van der Waals surface area contributed by atoms with Crippen LogP contribution in [0.4, 0.5) is 0 Å². The van der Waals surface area contributed by atoms with Gasteiger partial charge in [-0.1, -0.05) is 26.0 Å². The molecule has 0 fully saturated rings. The van der Waals surface area contributed by atoms with Crippen molar-refractivity contribution in [1.29, 1.82) is 0 Å². The lowest BCUT2D eigenvalue weighted by molar-refractivity contribution is -0.139. The molecule has 0 aliphatic heterocycles. The van der Waals surface area contributed by atoms with Crippen LogP contribution in [0.15, 0.2) is 18.2 Å². The highest BCUT2D eigenvalue weighted by atomic mass is 16.5. The van der Waals surface area contributed by atoms with E-state index in [0.717, 1.165) is 16.9 Å². The van der Waals surface area contributed by atoms with E-state index < -0.39 is 11.9 Å². The molecule has 100 valence electrons. The molecule has 1 unspecified atom stereocenters. The molecule has 1 aromatic rings. The number of carbonyl (C=O) groups is 1. The third-order valence-electron chi connectivity index (χ3n) is 2.91. The average Bonchev–Trinajstić information content (AvgIpc) is 2.28. The summed E-state index contributed by atoms with van der Waals surface area (Å²) >= 11 is 0. The van der Waals surface area contributed by atoms with Crippen LogP contribution in [0, 0.1) is 12.8 Å². The van der Waals surface area contributed by atoms with Crippen molar-refractivity contribution in [2.45, 2.75) is 40.0 Å². The van der Waals surface area contributed by atoms with Gasteiger partial charge in [-0.3, -0.25) is 4.79 Å². The van der Waals surface area contributed by atoms with Crippen LogP contribution in [0.2, 0.25) is 0 Å². The van der Waals surface area contributed by atoms with Crippen LogP contribution in [0.1, 0.15) is 44.2 Å². The lowest BCUT2D eigenvalue weighted by atomic mass is 9.89. The number of carboxylic acid groups (broad SMARTS) is 1. The quantitative estimate of drug-likeness (QED) is 0.839. The van der Waals surface area contributed by atoms with Crippen molar-refractivity contribution in [3.8, 4) is 5.75 Å². The predicted molar refractivity (Wildman–Crippen MR) is 72.2 cm³/mol. The Kier molecular flexibility index (Phi) is 5.20. The molecule has 0 heterocycles. The first-order valence-electron chi connectivity index (χ1n) is 6.41. The monoisotopic (exact) mass is 250 g/mol. The molecule has 3 heteroatoms. The second-order valence-electron chi connectivity index (χ2n) is 4.98. The van der Waals surface area contributed by atoms with Crippen molar-refractivity contribution < 1.29 is 14.6 Å². The Morgan fingerprint density at radius 1 is 1.39 bits per heavy atom. The summed E-state index contributed by atoms with van der Waals surface area (Å²) < 4.78 is 5.47. The van der Waals surface area contributed by atoms with E-state index in [1.165, 1.54) is 0 Å². The average molecular weight is 250 g/mol. The molecule has 0 saturated heterocycles. The van der Waals surface area contributed by atoms with Crippen molar-refractivity contribution in [3.63, 3.8) is 0 Å². The number of benzene rings is 1. The first-order valence-corrected chi connectivity index (χ1v) is 6.41. The Hall–Kier alpha value is -1.51. The third kappa shape index (κ3) is 3.76. The highest BCUT2D eigenvalue weighted by Gasteiger charge is 2.21. The summed E-state index contributed by atoms with van der Waals surface area (Å²) in [6.45, 7) is 8.58. The number of rotatable bonds is 6. The van der Waals surface area contributed by atoms with Gasteiger partial charge in [-0.15, -0.1) is 0 Å². The predicted octanol–water partition coefficient (Wildman–Crippen LogP) is 3.61. The Morgan fingerprint density at radius 3 is 2.50 bits per heavy atom. The SMILES string of the molecule is CCOc1ccc(C(CC(C)C)C(=O)O)cc1C. The molecule has 0 aliphatic carbocycles. The van der Waals surface area contributed by atoms with Crippen molar-refractivity contribution in [2.75, 3.05) is 6.61 Å². The summed E-state index contributed by atoms with van der Waals surface area (Å²) in [7, 11) is 0. The van der Waals surface area contributed by atoms with E-state index in [9.17, 15) is 9.90 Å². The van der Waals surface area contributed by atoms with Crippen LogP contribution in [0.5, 0.6) is 5.75 Å². The molecule has 0 saturated carbocycles. The zero-order valence-electron chi connectivity index (χ0n) is 11.6. The van der Waals surface area contributed by atoms with Crippen molar-refractivity contribution >= 4 is 5.97 Å². The van der Waals surface area contributed by atoms with Crippen molar-refractivity contribution in [2.24, 2.45) is 5.92 Å². The Bertz CT molecular complexity index is 410. The molecule has 0 radical (unpaired) electrons. The fourth-order valence-corrected chi connectivity index (χ4v) is 2.06. The van der Waals surface area contributed by atoms with Crippen LogP contribution in [-0.2, 0) is 4.79 Å². The molecule has 1 rings (SSSR count). The van der Waals surface area contributed by atoms with E-state index in [2.05, 4.69) is 0 Å². The van der Waals surface area contributed by atoms with Gasteiger partial charge in [0.05, 0.1) is 12.5 Å². The van der Waals surface area contributed by atoms with Gasteiger partial charge in [0.15, 0.2) is 0 Å². The fourth-order valence-electron chi connectivity index (χ4n) is 2.06. The van der Waals surface area contributed by atoms with E-state index in [1.54, 1.807) is 0 Å². The highest BCUT2D eigenvalue weighted by Crippen LogP contribution is 2.28. The van der Waals surface area contributed by atoms with E-state index in [4.69, 9.17) is 4.74 Å². The fraction of sp³-hybridized carbons (Fsp3) is 0.533. The molecule has 0 bridgehead atoms. The van der Waals surface area contributed by atoms with Gasteiger partial charge < -0.3 is 9.84 Å². The third-order valence-corrected chi connectivity index (χ3v) is 2.91. The van der Waals surface area contributed by atoms with Gasteiger partial charge in [-0.25, -0.2) is 0 Å². The standard InChI is InChI=1S/C15H22O3/c1-5-18-14-7-6-12(9-11(14)4)13(15(16)17)8-10(2)3/h6-7,9-10,13H,5,8H2,1-4H3,(H,16,17). The lowest BCUT2D eigenvalue weighted by Crippen LogP contribution is -2.14. The van der Waals surface area contributed by atoms with Gasteiger partial charge in [0, 0.05) is 0 Å². The van der Waals surface area contributed by atoms with Gasteiger partial charge in [0.25, 0.3) is 0 Å². The van der Waals surface area contributed by atoms with Crippen LogP contribution in [-0.4, -0.2) is 17.7 Å². The summed E-state index contributed by atoms with van der Waals surface area (Å²) in [5, 5.41) is 9.31. The minimum Gasteiger partial charge on any atom is -0.494 e. The maximum atomic E-state index is 11.3. The van der Waals surface area contributed by atoms with Gasteiger partial charge in [-0.05, 0) is 43.4 Å². The zero-order valence-corrected chi connectivity index (χ0v) is 11.6. The molecule has 3 nitrogen and oxygen atoms in total. The van der Waals surface area contributed by atoms with E-state index in [1.807, 2.05) is 45.9 Å². The summed E-state index contributed by atoms with van der Waals surface area (Å²) in [5.41, 5.74) is 1.85. The normalized spacial score (nSPS) is 12.5. The van der Waals surface area contributed by atoms with Crippen LogP contribution >= 0.6 is 0 Å². The molecule has 1 aromatic carbocycles. The number of aryl methyl sites for hydroxylation is 1. The van der Waals surface area contributed by atoms with E-state index in [-0.39, 0.29) is 0 Å². The minimum absolute atomic E-state index is 0.359. The first kappa shape index (κ1) is 14.6. The second kappa shape index (κ2) is 6.43. The highest BCUT2D eigenvalue weighted by molar-refractivity contribution is 5.76. The molecule has 0 amide bonds. The minimum atomic E-state index is -0.757. The van der Waals surface area contributed by atoms with Crippen molar-refractivity contribution in [3.05, 3.63) is 29.3 Å². The van der Waals surface area contributed by atoms with E-state index >= 15 is 0 Å². The van der Waals surface area contributed by atoms with Gasteiger partial charge in [0.1, 0.15) is 5.75 Å². The number of hydrogen-bond donors (Lipinski definition) is 1. The van der Waals surface area contributed by atoms with Gasteiger partial charge in [-0.2, -0.15) is 0 Å². The second-order valence-corrected chi connectivity index (χ2v) is 4.98. The molecule has 0 aromatic heterocycles. The maximum Gasteiger partial charge on any atom is 0.310 e. The topological polar surface area (TPSA) is 46.5 Å². The van der Waals surface area contributed by atoms with Crippen molar-refractivity contribution in [1.82, 2.24) is 0 Å². The lowest BCUT2D eigenvalue weighted by Gasteiger charge is -2.17. The molecule has 1 N–H and O–H groups in total. The number of carboxylic acids is 1. The first-order chi connectivity index (χ1) is 8.45. The Labute approximate surface area is 109 Å². The number of ether oxygens (including phenoxy) is 1. The summed E-state index contributed by atoms with van der Waals surface area (Å²) in [6, 6.07) is 5.65. The number of hydrogen-bond acceptors (Lipinski definition) is 2. The Balaban J connectivity index is 2.99. The summed E-state index contributed by atoms with van der Waals surface area (Å²) in [5.74, 6) is -0.000420. The molecule has 0 spiro atoms. The van der Waals surface area contributed by atoms with Gasteiger partial charge >= 0.3 is 5.97 Å². The Morgan fingerprint density at radius 2 is 2.06 bits per heavy atom. The molecule has 0 aliphatic rings. The molecular weight excluding hydrogens is 228 g/mol. The molecule has 18 heavy (non-hydrogen) atoms. The van der Waals surface area contributed by atoms with E-state index in [0.29, 0.717) is 18.9 Å². The summed E-state index contributed by atoms with van der Waals surface area (Å²) in [4.78, 5) is 11.3. The zero-order chi connectivity index (χ0) is 13.7. The largest absolute Gasteiger partial charge is 0.494 e. The maximum absolute atomic E-state index is 11.3.